The summed E-state index contributed by atoms with van der Waals surface area (Å²) in [4.78, 5) is 22.5. The van der Waals surface area contributed by atoms with Crippen molar-refractivity contribution >= 4 is 11.7 Å². The number of ether oxygens (including phenoxy) is 2. The van der Waals surface area contributed by atoms with E-state index in [0.29, 0.717) is 11.4 Å². The van der Waals surface area contributed by atoms with Gasteiger partial charge in [0.15, 0.2) is 0 Å². The van der Waals surface area contributed by atoms with Gasteiger partial charge in [-0.1, -0.05) is 24.3 Å². The molecule has 0 fully saturated rings. The zero-order chi connectivity index (χ0) is 21.6. The smallest absolute Gasteiger partial charge is 0.345 e. The summed E-state index contributed by atoms with van der Waals surface area (Å²) in [5.41, 5.74) is 1.25. The third kappa shape index (κ3) is 4.88. The molecule has 0 bridgehead atoms. The largest absolute Gasteiger partial charge is 0.457 e. The molecule has 0 unspecified atom stereocenters. The summed E-state index contributed by atoms with van der Waals surface area (Å²) in [5, 5.41) is 18.8. The van der Waals surface area contributed by atoms with E-state index in [1.54, 1.807) is 6.07 Å². The van der Waals surface area contributed by atoms with Gasteiger partial charge < -0.3 is 9.47 Å². The number of benzene rings is 3. The van der Waals surface area contributed by atoms with Crippen LogP contribution in [0.4, 0.5) is 5.69 Å². The summed E-state index contributed by atoms with van der Waals surface area (Å²) in [7, 11) is 0. The lowest BCUT2D eigenvalue weighted by Gasteiger charge is -2.07. The lowest BCUT2D eigenvalue weighted by molar-refractivity contribution is -0.384. The summed E-state index contributed by atoms with van der Waals surface area (Å²) in [6.45, 7) is 0. The molecule has 152 valence electrons. The maximum absolute atomic E-state index is 12.2. The minimum atomic E-state index is -0.756. The van der Waals surface area contributed by atoms with Gasteiger partial charge in [0.25, 0.3) is 5.69 Å². The quantitative estimate of drug-likeness (QED) is 0.247. The third-order valence-electron chi connectivity index (χ3n) is 4.26. The van der Waals surface area contributed by atoms with Crippen molar-refractivity contribution in [3.05, 3.63) is 107 Å². The lowest BCUT2D eigenvalue weighted by Crippen LogP contribution is -2.10. The molecule has 1 heterocycles. The van der Waals surface area contributed by atoms with Crippen LogP contribution >= 0.6 is 0 Å². The number of hydrogen-bond donors (Lipinski definition) is 0. The van der Waals surface area contributed by atoms with E-state index in [4.69, 9.17) is 9.47 Å². The van der Waals surface area contributed by atoms with Crippen LogP contribution < -0.4 is 9.47 Å². The molecule has 0 aliphatic rings. The van der Waals surface area contributed by atoms with Gasteiger partial charge >= 0.3 is 5.97 Å². The first-order chi connectivity index (χ1) is 15.1. The van der Waals surface area contributed by atoms with Crippen molar-refractivity contribution in [3.63, 3.8) is 0 Å². The predicted molar refractivity (Wildman–Crippen MR) is 112 cm³/mol. The molecule has 0 aliphatic carbocycles. The molecule has 8 heteroatoms. The Morgan fingerprint density at radius 3 is 2.23 bits per heavy atom. The molecule has 1 aromatic heterocycles. The van der Waals surface area contributed by atoms with E-state index in [-0.39, 0.29) is 17.1 Å². The van der Waals surface area contributed by atoms with Crippen LogP contribution in [-0.4, -0.2) is 21.1 Å². The molecule has 0 saturated carbocycles. The van der Waals surface area contributed by atoms with Crippen LogP contribution in [0.3, 0.4) is 0 Å². The van der Waals surface area contributed by atoms with Crippen molar-refractivity contribution in [2.24, 2.45) is 0 Å². The maximum Gasteiger partial charge on any atom is 0.345 e. The van der Waals surface area contributed by atoms with Crippen LogP contribution in [0.2, 0.25) is 0 Å². The summed E-state index contributed by atoms with van der Waals surface area (Å²) in [6.07, 6.45) is 0. The van der Waals surface area contributed by atoms with Crippen LogP contribution in [0.5, 0.6) is 17.4 Å². The number of nitrogens with zero attached hydrogens (tertiary/aromatic N) is 3. The minimum absolute atomic E-state index is 0.00992. The van der Waals surface area contributed by atoms with Gasteiger partial charge in [-0.25, -0.2) is 4.79 Å². The van der Waals surface area contributed by atoms with E-state index in [9.17, 15) is 14.9 Å². The molecule has 0 amide bonds. The predicted octanol–water partition coefficient (Wildman–Crippen LogP) is 5.06. The fraction of sp³-hybridized carbons (Fsp3) is 0. The van der Waals surface area contributed by atoms with Crippen molar-refractivity contribution in [2.75, 3.05) is 0 Å². The van der Waals surface area contributed by atoms with Gasteiger partial charge in [-0.3, -0.25) is 10.1 Å². The standard InChI is InChI=1S/C23H15N3O5/c27-23(17-5-4-6-18(15-17)26(28)29)31-22-14-13-21(24-25-22)16-9-11-20(12-10-16)30-19-7-2-1-3-8-19/h1-15H. The summed E-state index contributed by atoms with van der Waals surface area (Å²) in [6, 6.07) is 25.2. The Balaban J connectivity index is 1.42. The molecule has 0 aliphatic heterocycles. The van der Waals surface area contributed by atoms with Gasteiger partial charge in [-0.2, -0.15) is 0 Å². The van der Waals surface area contributed by atoms with E-state index in [2.05, 4.69) is 10.2 Å². The highest BCUT2D eigenvalue weighted by atomic mass is 16.6. The topological polar surface area (TPSA) is 104 Å². The number of esters is 1. The Labute approximate surface area is 176 Å². The molecule has 3 aromatic carbocycles. The first kappa shape index (κ1) is 19.7. The highest BCUT2D eigenvalue weighted by Gasteiger charge is 2.14. The molecule has 0 spiro atoms. The van der Waals surface area contributed by atoms with Crippen LogP contribution in [0.1, 0.15) is 10.4 Å². The second-order valence-corrected chi connectivity index (χ2v) is 6.39. The van der Waals surface area contributed by atoms with E-state index in [1.165, 1.54) is 24.3 Å². The first-order valence-electron chi connectivity index (χ1n) is 9.22. The number of carbonyl (C=O) groups excluding carboxylic acids is 1. The molecule has 0 radical (unpaired) electrons. The number of nitro benzene ring substituents is 1. The average molecular weight is 413 g/mol. The van der Waals surface area contributed by atoms with Gasteiger partial charge in [0.05, 0.1) is 16.2 Å². The lowest BCUT2D eigenvalue weighted by atomic mass is 10.1. The maximum atomic E-state index is 12.2. The summed E-state index contributed by atoms with van der Waals surface area (Å²) >= 11 is 0. The molecular formula is C23H15N3O5. The van der Waals surface area contributed by atoms with Crippen LogP contribution in [0.25, 0.3) is 11.3 Å². The Kier molecular flexibility index (Phi) is 5.62. The van der Waals surface area contributed by atoms with Crippen molar-refractivity contribution in [3.8, 4) is 28.6 Å². The Morgan fingerprint density at radius 1 is 0.806 bits per heavy atom. The molecule has 0 atom stereocenters. The van der Waals surface area contributed by atoms with Gasteiger partial charge in [-0.15, -0.1) is 10.2 Å². The number of nitro groups is 1. The molecule has 0 saturated heterocycles. The third-order valence-corrected chi connectivity index (χ3v) is 4.26. The molecule has 4 rings (SSSR count). The number of para-hydroxylation sites is 1. The van der Waals surface area contributed by atoms with Gasteiger partial charge in [-0.05, 0) is 48.5 Å². The number of non-ortho nitro benzene ring substituents is 1. The van der Waals surface area contributed by atoms with E-state index < -0.39 is 10.9 Å². The van der Waals surface area contributed by atoms with Crippen molar-refractivity contribution in [1.29, 1.82) is 0 Å². The van der Waals surface area contributed by atoms with E-state index >= 15 is 0 Å². The number of hydrogen-bond acceptors (Lipinski definition) is 7. The van der Waals surface area contributed by atoms with Gasteiger partial charge in [0.1, 0.15) is 11.5 Å². The molecule has 8 nitrogen and oxygen atoms in total. The number of carbonyl (C=O) groups is 1. The Bertz CT molecular complexity index is 1210. The summed E-state index contributed by atoms with van der Waals surface area (Å²) < 4.78 is 10.9. The van der Waals surface area contributed by atoms with E-state index in [1.807, 2.05) is 54.6 Å². The Hall–Kier alpha value is -4.59. The zero-order valence-electron chi connectivity index (χ0n) is 16.0. The first-order valence-corrected chi connectivity index (χ1v) is 9.22. The van der Waals surface area contributed by atoms with Crippen molar-refractivity contribution < 1.29 is 19.2 Å². The second kappa shape index (κ2) is 8.83. The highest BCUT2D eigenvalue weighted by molar-refractivity contribution is 5.91. The fourth-order valence-corrected chi connectivity index (χ4v) is 2.75. The van der Waals surface area contributed by atoms with Crippen LogP contribution in [-0.2, 0) is 0 Å². The molecular weight excluding hydrogens is 398 g/mol. The van der Waals surface area contributed by atoms with Crippen molar-refractivity contribution in [2.45, 2.75) is 0 Å². The number of rotatable bonds is 6. The monoisotopic (exact) mass is 413 g/mol. The zero-order valence-corrected chi connectivity index (χ0v) is 16.0. The van der Waals surface area contributed by atoms with Crippen LogP contribution in [0, 0.1) is 10.1 Å². The minimum Gasteiger partial charge on any atom is -0.457 e. The number of aromatic nitrogens is 2. The summed E-state index contributed by atoms with van der Waals surface area (Å²) in [5.74, 6) is 0.660. The Morgan fingerprint density at radius 2 is 1.55 bits per heavy atom. The second-order valence-electron chi connectivity index (χ2n) is 6.39. The fourth-order valence-electron chi connectivity index (χ4n) is 2.75. The van der Waals surface area contributed by atoms with Crippen molar-refractivity contribution in [1.82, 2.24) is 10.2 Å². The normalized spacial score (nSPS) is 10.3. The highest BCUT2D eigenvalue weighted by Crippen LogP contribution is 2.25. The van der Waals surface area contributed by atoms with Crippen LogP contribution in [0.15, 0.2) is 91.0 Å². The molecule has 0 N–H and O–H groups in total. The SMILES string of the molecule is O=C(Oc1ccc(-c2ccc(Oc3ccccc3)cc2)nn1)c1cccc([N+](=O)[O-])c1. The van der Waals surface area contributed by atoms with Gasteiger partial charge in [0, 0.05) is 23.8 Å². The van der Waals surface area contributed by atoms with E-state index in [0.717, 1.165) is 17.4 Å². The van der Waals surface area contributed by atoms with Gasteiger partial charge in [0.2, 0.25) is 5.88 Å². The molecule has 31 heavy (non-hydrogen) atoms. The molecule has 4 aromatic rings. The average Bonchev–Trinajstić information content (AvgIpc) is 2.81.